The van der Waals surface area contributed by atoms with Crippen LogP contribution in [0, 0.1) is 12.7 Å². The van der Waals surface area contributed by atoms with Crippen molar-refractivity contribution in [3.05, 3.63) is 66.8 Å². The van der Waals surface area contributed by atoms with Gasteiger partial charge in [0.25, 0.3) is 0 Å². The van der Waals surface area contributed by atoms with Gasteiger partial charge in [0.05, 0.1) is 0 Å². The molecule has 0 bridgehead atoms. The van der Waals surface area contributed by atoms with Gasteiger partial charge >= 0.3 is 0 Å². The molecule has 0 aliphatic carbocycles. The summed E-state index contributed by atoms with van der Waals surface area (Å²) in [5, 5.41) is 0. The fourth-order valence-electron chi connectivity index (χ4n) is 1.53. The lowest BCUT2D eigenvalue weighted by molar-refractivity contribution is 0.628. The van der Waals surface area contributed by atoms with Crippen molar-refractivity contribution in [2.75, 3.05) is 0 Å². The lowest BCUT2D eigenvalue weighted by Crippen LogP contribution is -1.82. The maximum Gasteiger partial charge on any atom is 0.123 e. The molecule has 15 heavy (non-hydrogen) atoms. The minimum absolute atomic E-state index is 0.200. The van der Waals surface area contributed by atoms with E-state index in [1.807, 2.05) is 30.3 Å². The van der Waals surface area contributed by atoms with Crippen LogP contribution >= 0.6 is 0 Å². The average Bonchev–Trinajstić information content (AvgIpc) is 2.29. The minimum atomic E-state index is -0.200. The molecule has 2 rings (SSSR count). The first-order valence-corrected chi connectivity index (χ1v) is 4.94. The summed E-state index contributed by atoms with van der Waals surface area (Å²) in [5.41, 5.74) is 3.13. The molecule has 0 spiro atoms. The number of benzene rings is 2. The first kappa shape index (κ1) is 9.91. The number of hydrogen-bond acceptors (Lipinski definition) is 0. The van der Waals surface area contributed by atoms with Gasteiger partial charge in [0.15, 0.2) is 0 Å². The van der Waals surface area contributed by atoms with Gasteiger partial charge in [-0.2, -0.15) is 0 Å². The van der Waals surface area contributed by atoms with Crippen LogP contribution < -0.4 is 0 Å². The molecular formula is C14H12F. The third-order valence-corrected chi connectivity index (χ3v) is 2.40. The molecule has 0 unspecified atom stereocenters. The first-order valence-electron chi connectivity index (χ1n) is 4.94. The smallest absolute Gasteiger partial charge is 0.123 e. The van der Waals surface area contributed by atoms with Crippen LogP contribution in [-0.4, -0.2) is 0 Å². The second kappa shape index (κ2) is 4.26. The summed E-state index contributed by atoms with van der Waals surface area (Å²) in [6.45, 7) is 3.81. The van der Waals surface area contributed by atoms with Crippen molar-refractivity contribution in [3.8, 4) is 11.1 Å². The fourth-order valence-corrected chi connectivity index (χ4v) is 1.53. The van der Waals surface area contributed by atoms with E-state index in [0.29, 0.717) is 0 Å². The van der Waals surface area contributed by atoms with E-state index in [1.165, 1.54) is 11.6 Å². The Morgan fingerprint density at radius 3 is 2.27 bits per heavy atom. The highest BCUT2D eigenvalue weighted by molar-refractivity contribution is 5.63. The van der Waals surface area contributed by atoms with E-state index in [4.69, 9.17) is 0 Å². The zero-order valence-corrected chi connectivity index (χ0v) is 8.41. The largest absolute Gasteiger partial charge is 0.207 e. The standard InChI is InChI=1S/C14H12F/c1-2-11-6-8-12(9-7-11)13-4-3-5-14(15)10-13/h3-10H,1-2H2. The average molecular weight is 199 g/mol. The molecule has 0 heterocycles. The number of hydrogen-bond donors (Lipinski definition) is 0. The SMILES string of the molecule is [CH2]Cc1ccc(-c2cccc(F)c2)cc1. The molecule has 0 aliphatic rings. The van der Waals surface area contributed by atoms with Crippen LogP contribution in [0.25, 0.3) is 11.1 Å². The quantitative estimate of drug-likeness (QED) is 0.688. The molecule has 1 radical (unpaired) electrons. The van der Waals surface area contributed by atoms with Crippen LogP contribution in [0.4, 0.5) is 4.39 Å². The number of halogens is 1. The highest BCUT2D eigenvalue weighted by Crippen LogP contribution is 2.20. The Morgan fingerprint density at radius 2 is 1.67 bits per heavy atom. The Balaban J connectivity index is 2.37. The highest BCUT2D eigenvalue weighted by Gasteiger charge is 1.98. The van der Waals surface area contributed by atoms with Crippen LogP contribution in [0.3, 0.4) is 0 Å². The monoisotopic (exact) mass is 199 g/mol. The van der Waals surface area contributed by atoms with Crippen molar-refractivity contribution in [3.63, 3.8) is 0 Å². The molecule has 2 aromatic carbocycles. The van der Waals surface area contributed by atoms with Gasteiger partial charge in [-0.25, -0.2) is 4.39 Å². The molecule has 0 atom stereocenters. The normalized spacial score (nSPS) is 10.3. The molecule has 0 saturated heterocycles. The Morgan fingerprint density at radius 1 is 0.933 bits per heavy atom. The third kappa shape index (κ3) is 2.24. The van der Waals surface area contributed by atoms with Crippen LogP contribution in [0.5, 0.6) is 0 Å². The van der Waals surface area contributed by atoms with Crippen LogP contribution in [0.1, 0.15) is 5.56 Å². The van der Waals surface area contributed by atoms with E-state index >= 15 is 0 Å². The molecule has 75 valence electrons. The summed E-state index contributed by atoms with van der Waals surface area (Å²) in [7, 11) is 0. The van der Waals surface area contributed by atoms with Gasteiger partial charge in [-0.1, -0.05) is 36.4 Å². The van der Waals surface area contributed by atoms with Crippen molar-refractivity contribution in [2.24, 2.45) is 0 Å². The van der Waals surface area contributed by atoms with Gasteiger partial charge in [-0.15, -0.1) is 0 Å². The van der Waals surface area contributed by atoms with Gasteiger partial charge < -0.3 is 0 Å². The van der Waals surface area contributed by atoms with E-state index in [1.54, 1.807) is 12.1 Å². The first-order chi connectivity index (χ1) is 7.29. The molecule has 0 N–H and O–H groups in total. The third-order valence-electron chi connectivity index (χ3n) is 2.40. The second-order valence-electron chi connectivity index (χ2n) is 3.46. The van der Waals surface area contributed by atoms with Gasteiger partial charge in [-0.05, 0) is 42.2 Å². The number of rotatable bonds is 2. The van der Waals surface area contributed by atoms with E-state index < -0.39 is 0 Å². The topological polar surface area (TPSA) is 0 Å². The predicted octanol–water partition coefficient (Wildman–Crippen LogP) is 3.87. The minimum Gasteiger partial charge on any atom is -0.207 e. The van der Waals surface area contributed by atoms with Crippen LogP contribution in [0.15, 0.2) is 48.5 Å². The molecule has 0 nitrogen and oxygen atoms in total. The molecule has 0 aliphatic heterocycles. The molecule has 0 fully saturated rings. The molecule has 2 aromatic rings. The van der Waals surface area contributed by atoms with Crippen molar-refractivity contribution >= 4 is 0 Å². The maximum absolute atomic E-state index is 13.0. The van der Waals surface area contributed by atoms with E-state index in [9.17, 15) is 4.39 Å². The zero-order chi connectivity index (χ0) is 10.7. The summed E-state index contributed by atoms with van der Waals surface area (Å²) < 4.78 is 13.0. The lowest BCUT2D eigenvalue weighted by Gasteiger charge is -2.02. The predicted molar refractivity (Wildman–Crippen MR) is 60.9 cm³/mol. The second-order valence-corrected chi connectivity index (χ2v) is 3.46. The lowest BCUT2D eigenvalue weighted by atomic mass is 10.0. The van der Waals surface area contributed by atoms with Crippen molar-refractivity contribution in [1.29, 1.82) is 0 Å². The summed E-state index contributed by atoms with van der Waals surface area (Å²) in [6, 6.07) is 14.7. The Labute approximate surface area is 89.4 Å². The Hall–Kier alpha value is -1.63. The maximum atomic E-state index is 13.0. The molecular weight excluding hydrogens is 187 g/mol. The Kier molecular flexibility index (Phi) is 2.82. The molecule has 1 heteroatoms. The van der Waals surface area contributed by atoms with E-state index in [0.717, 1.165) is 17.5 Å². The van der Waals surface area contributed by atoms with Crippen molar-refractivity contribution < 1.29 is 4.39 Å². The van der Waals surface area contributed by atoms with Crippen LogP contribution in [0.2, 0.25) is 0 Å². The van der Waals surface area contributed by atoms with E-state index in [-0.39, 0.29) is 5.82 Å². The Bertz CT molecular complexity index is 443. The molecule has 0 aromatic heterocycles. The van der Waals surface area contributed by atoms with Crippen molar-refractivity contribution in [2.45, 2.75) is 6.42 Å². The summed E-state index contributed by atoms with van der Waals surface area (Å²) >= 11 is 0. The van der Waals surface area contributed by atoms with Gasteiger partial charge in [0.2, 0.25) is 0 Å². The van der Waals surface area contributed by atoms with Crippen molar-refractivity contribution in [1.82, 2.24) is 0 Å². The van der Waals surface area contributed by atoms with E-state index in [2.05, 4.69) is 6.92 Å². The van der Waals surface area contributed by atoms with Gasteiger partial charge in [0.1, 0.15) is 5.82 Å². The summed E-state index contributed by atoms with van der Waals surface area (Å²) in [6.07, 6.45) is 0.781. The fraction of sp³-hybridized carbons (Fsp3) is 0.0714. The van der Waals surface area contributed by atoms with Gasteiger partial charge in [0, 0.05) is 0 Å². The van der Waals surface area contributed by atoms with Crippen LogP contribution in [-0.2, 0) is 6.42 Å². The zero-order valence-electron chi connectivity index (χ0n) is 8.41. The summed E-state index contributed by atoms with van der Waals surface area (Å²) in [4.78, 5) is 0. The van der Waals surface area contributed by atoms with Gasteiger partial charge in [-0.3, -0.25) is 0 Å². The highest BCUT2D eigenvalue weighted by atomic mass is 19.1. The molecule has 0 amide bonds. The summed E-state index contributed by atoms with van der Waals surface area (Å²) in [5.74, 6) is -0.200. The molecule has 0 saturated carbocycles.